The molecule has 0 unspecified atom stereocenters. The van der Waals surface area contributed by atoms with Gasteiger partial charge in [0.1, 0.15) is 0 Å². The van der Waals surface area contributed by atoms with E-state index >= 15 is 0 Å². The molecule has 5 heteroatoms. The molecular weight excluding hydrogens is 270 g/mol. The fourth-order valence-corrected chi connectivity index (χ4v) is 3.51. The summed E-state index contributed by atoms with van der Waals surface area (Å²) in [5.41, 5.74) is 4.61. The van der Waals surface area contributed by atoms with Crippen LogP contribution in [0.5, 0.6) is 0 Å². The van der Waals surface area contributed by atoms with Gasteiger partial charge in [0.2, 0.25) is 5.91 Å². The number of H-pyrrole nitrogens is 1. The van der Waals surface area contributed by atoms with Gasteiger partial charge in [0, 0.05) is 36.5 Å². The summed E-state index contributed by atoms with van der Waals surface area (Å²) < 4.78 is 0. The van der Waals surface area contributed by atoms with Gasteiger partial charge in [-0.3, -0.25) is 9.89 Å². The van der Waals surface area contributed by atoms with Gasteiger partial charge in [-0.25, -0.2) is 0 Å². The number of thiophene rings is 1. The SMILES string of the molecule is Cc1[nH]nc(CCC(=O)N2CCc3sccc3C2)c1C. The fraction of sp³-hybridized carbons (Fsp3) is 0.467. The molecule has 4 nitrogen and oxygen atoms in total. The van der Waals surface area contributed by atoms with E-state index in [4.69, 9.17) is 0 Å². The van der Waals surface area contributed by atoms with E-state index in [1.54, 1.807) is 11.3 Å². The van der Waals surface area contributed by atoms with Crippen molar-refractivity contribution in [3.63, 3.8) is 0 Å². The normalized spacial score (nSPS) is 14.4. The van der Waals surface area contributed by atoms with E-state index in [2.05, 4.69) is 28.6 Å². The first-order valence-corrected chi connectivity index (χ1v) is 7.86. The third kappa shape index (κ3) is 2.50. The van der Waals surface area contributed by atoms with E-state index in [0.29, 0.717) is 6.42 Å². The van der Waals surface area contributed by atoms with Crippen LogP contribution in [0.25, 0.3) is 0 Å². The van der Waals surface area contributed by atoms with Gasteiger partial charge in [0.25, 0.3) is 0 Å². The Morgan fingerprint density at radius 2 is 2.35 bits per heavy atom. The highest BCUT2D eigenvalue weighted by atomic mass is 32.1. The lowest BCUT2D eigenvalue weighted by Crippen LogP contribution is -2.35. The number of aromatic nitrogens is 2. The number of hydrogen-bond acceptors (Lipinski definition) is 3. The van der Waals surface area contributed by atoms with Crippen LogP contribution in [0.15, 0.2) is 11.4 Å². The van der Waals surface area contributed by atoms with Gasteiger partial charge in [-0.1, -0.05) is 0 Å². The average Bonchev–Trinajstić information content (AvgIpc) is 3.04. The Bertz CT molecular complexity index is 629. The Morgan fingerprint density at radius 1 is 1.50 bits per heavy atom. The zero-order valence-electron chi connectivity index (χ0n) is 11.9. The molecule has 0 bridgehead atoms. The zero-order chi connectivity index (χ0) is 14.1. The van der Waals surface area contributed by atoms with Crippen LogP contribution in [0.2, 0.25) is 0 Å². The minimum absolute atomic E-state index is 0.238. The number of amides is 1. The molecule has 0 saturated carbocycles. The van der Waals surface area contributed by atoms with Crippen molar-refractivity contribution >= 4 is 17.2 Å². The molecular formula is C15H19N3OS. The number of fused-ring (bicyclic) bond motifs is 1. The molecule has 3 heterocycles. The minimum Gasteiger partial charge on any atom is -0.338 e. The Labute approximate surface area is 122 Å². The van der Waals surface area contributed by atoms with Crippen LogP contribution in [0.4, 0.5) is 0 Å². The van der Waals surface area contributed by atoms with Gasteiger partial charge in [-0.05, 0) is 42.8 Å². The van der Waals surface area contributed by atoms with Crippen molar-refractivity contribution in [1.29, 1.82) is 0 Å². The van der Waals surface area contributed by atoms with Crippen LogP contribution >= 0.6 is 11.3 Å². The summed E-state index contributed by atoms with van der Waals surface area (Å²) in [6.45, 7) is 5.69. The van der Waals surface area contributed by atoms with Crippen molar-refractivity contribution in [2.45, 2.75) is 39.7 Å². The molecule has 1 aliphatic rings. The monoisotopic (exact) mass is 289 g/mol. The molecule has 3 rings (SSSR count). The van der Waals surface area contributed by atoms with Crippen LogP contribution in [0, 0.1) is 13.8 Å². The summed E-state index contributed by atoms with van der Waals surface area (Å²) in [6, 6.07) is 2.14. The van der Waals surface area contributed by atoms with Crippen molar-refractivity contribution in [1.82, 2.24) is 15.1 Å². The number of nitrogens with zero attached hydrogens (tertiary/aromatic N) is 2. The quantitative estimate of drug-likeness (QED) is 0.944. The predicted octanol–water partition coefficient (Wildman–Crippen LogP) is 2.61. The first kappa shape index (κ1) is 13.4. The highest BCUT2D eigenvalue weighted by Crippen LogP contribution is 2.24. The van der Waals surface area contributed by atoms with E-state index in [9.17, 15) is 4.79 Å². The highest BCUT2D eigenvalue weighted by Gasteiger charge is 2.21. The Hall–Kier alpha value is -1.62. The number of rotatable bonds is 3. The van der Waals surface area contributed by atoms with Crippen molar-refractivity contribution in [3.05, 3.63) is 38.8 Å². The lowest BCUT2D eigenvalue weighted by atomic mass is 10.1. The molecule has 0 aliphatic carbocycles. The van der Waals surface area contributed by atoms with Crippen molar-refractivity contribution < 1.29 is 4.79 Å². The van der Waals surface area contributed by atoms with E-state index in [-0.39, 0.29) is 5.91 Å². The molecule has 0 fully saturated rings. The van der Waals surface area contributed by atoms with Gasteiger partial charge >= 0.3 is 0 Å². The predicted molar refractivity (Wildman–Crippen MR) is 79.8 cm³/mol. The van der Waals surface area contributed by atoms with Gasteiger partial charge < -0.3 is 4.90 Å². The summed E-state index contributed by atoms with van der Waals surface area (Å²) >= 11 is 1.80. The summed E-state index contributed by atoms with van der Waals surface area (Å²) in [6.07, 6.45) is 2.27. The van der Waals surface area contributed by atoms with Crippen LogP contribution in [0.3, 0.4) is 0 Å². The second kappa shape index (κ2) is 5.40. The van der Waals surface area contributed by atoms with Crippen LogP contribution in [-0.4, -0.2) is 27.5 Å². The first-order chi connectivity index (χ1) is 9.65. The smallest absolute Gasteiger partial charge is 0.223 e. The lowest BCUT2D eigenvalue weighted by molar-refractivity contribution is -0.132. The topological polar surface area (TPSA) is 49.0 Å². The Morgan fingerprint density at radius 3 is 3.10 bits per heavy atom. The molecule has 20 heavy (non-hydrogen) atoms. The van der Waals surface area contributed by atoms with Gasteiger partial charge in [0.15, 0.2) is 0 Å². The first-order valence-electron chi connectivity index (χ1n) is 6.98. The minimum atomic E-state index is 0.238. The number of hydrogen-bond donors (Lipinski definition) is 1. The molecule has 0 radical (unpaired) electrons. The molecule has 106 valence electrons. The van der Waals surface area contributed by atoms with Gasteiger partial charge in [0.05, 0.1) is 5.69 Å². The number of nitrogens with one attached hydrogen (secondary N) is 1. The second-order valence-corrected chi connectivity index (χ2v) is 6.36. The molecule has 2 aromatic heterocycles. The Balaban J connectivity index is 1.59. The van der Waals surface area contributed by atoms with Crippen LogP contribution in [-0.2, 0) is 24.2 Å². The van der Waals surface area contributed by atoms with E-state index in [1.807, 2.05) is 11.8 Å². The maximum absolute atomic E-state index is 12.3. The lowest BCUT2D eigenvalue weighted by Gasteiger charge is -2.27. The molecule has 0 aromatic carbocycles. The van der Waals surface area contributed by atoms with Crippen molar-refractivity contribution in [2.24, 2.45) is 0 Å². The standard InChI is InChI=1S/C15H19N3OS/c1-10-11(2)16-17-13(10)3-4-15(19)18-7-5-14-12(9-18)6-8-20-14/h6,8H,3-5,7,9H2,1-2H3,(H,16,17). The van der Waals surface area contributed by atoms with Gasteiger partial charge in [-0.2, -0.15) is 5.10 Å². The summed E-state index contributed by atoms with van der Waals surface area (Å²) in [5, 5.41) is 9.36. The zero-order valence-corrected chi connectivity index (χ0v) is 12.7. The van der Waals surface area contributed by atoms with E-state index < -0.39 is 0 Å². The summed E-state index contributed by atoms with van der Waals surface area (Å²) in [5.74, 6) is 0.238. The highest BCUT2D eigenvalue weighted by molar-refractivity contribution is 7.10. The molecule has 0 spiro atoms. The average molecular weight is 289 g/mol. The summed E-state index contributed by atoms with van der Waals surface area (Å²) in [4.78, 5) is 15.7. The summed E-state index contributed by atoms with van der Waals surface area (Å²) in [7, 11) is 0. The molecule has 1 N–H and O–H groups in total. The fourth-order valence-electron chi connectivity index (χ4n) is 2.62. The number of carbonyl (C=O) groups is 1. The largest absolute Gasteiger partial charge is 0.338 e. The maximum Gasteiger partial charge on any atom is 0.223 e. The molecule has 0 saturated heterocycles. The number of aromatic amines is 1. The third-order valence-electron chi connectivity index (χ3n) is 4.09. The number of carbonyl (C=O) groups excluding carboxylic acids is 1. The Kier molecular flexibility index (Phi) is 3.61. The van der Waals surface area contributed by atoms with Crippen molar-refractivity contribution in [3.8, 4) is 0 Å². The molecule has 2 aromatic rings. The van der Waals surface area contributed by atoms with Crippen molar-refractivity contribution in [2.75, 3.05) is 6.54 Å². The van der Waals surface area contributed by atoms with Crippen LogP contribution in [0.1, 0.15) is 33.8 Å². The maximum atomic E-state index is 12.3. The third-order valence-corrected chi connectivity index (χ3v) is 5.11. The van der Waals surface area contributed by atoms with E-state index in [1.165, 1.54) is 16.0 Å². The van der Waals surface area contributed by atoms with Gasteiger partial charge in [-0.15, -0.1) is 11.3 Å². The number of aryl methyl sites for hydroxylation is 2. The molecule has 1 amide bonds. The van der Waals surface area contributed by atoms with E-state index in [0.717, 1.165) is 37.3 Å². The molecule has 0 atom stereocenters. The second-order valence-electron chi connectivity index (χ2n) is 5.35. The molecule has 1 aliphatic heterocycles. The van der Waals surface area contributed by atoms with Crippen LogP contribution < -0.4 is 0 Å².